The molecule has 0 aromatic heterocycles. The van der Waals surface area contributed by atoms with E-state index in [1.165, 1.54) is 0 Å². The first-order valence-corrected chi connectivity index (χ1v) is 0. The fourth-order valence-electron chi connectivity index (χ4n) is 0. The van der Waals surface area contributed by atoms with Crippen molar-refractivity contribution in [2.75, 3.05) is 0 Å². The summed E-state index contributed by atoms with van der Waals surface area (Å²) >= 11 is 0. The van der Waals surface area contributed by atoms with E-state index in [2.05, 4.69) is 0 Å². The molecule has 4 heavy (non-hydrogen) atoms. The summed E-state index contributed by atoms with van der Waals surface area (Å²) in [6.45, 7) is 0. The quantitative estimate of drug-likeness (QED) is 0.465. The van der Waals surface area contributed by atoms with E-state index >= 15 is 0 Å². The molecule has 0 atom stereocenters. The Morgan fingerprint density at radius 1 is 0.750 bits per heavy atom. The SMILES string of the molecule is [O-2].[O-2].[Ru+4].[SrH2]. The molecule has 0 bridgehead atoms. The van der Waals surface area contributed by atoms with Gasteiger partial charge in [-0.15, -0.1) is 0 Å². The van der Waals surface area contributed by atoms with E-state index in [4.69, 9.17) is 0 Å². The molecule has 0 N–H and O–H groups in total. The average Bonchev–Trinajstić information content (AvgIpc) is 0. The van der Waals surface area contributed by atoms with Crippen molar-refractivity contribution in [3.63, 3.8) is 0 Å². The van der Waals surface area contributed by atoms with Gasteiger partial charge in [0.2, 0.25) is 0 Å². The zero-order valence-electron chi connectivity index (χ0n) is 1.17. The zero-order chi connectivity index (χ0) is 0. The predicted octanol–water partition coefficient (Wildman–Crippen LogP) is -1.16. The number of hydrogen-bond acceptors (Lipinski definition) is 0. The van der Waals surface area contributed by atoms with Crippen LogP contribution in [0.1, 0.15) is 0 Å². The maximum absolute atomic E-state index is 0. The molecule has 0 amide bonds. The second kappa shape index (κ2) is 19.9. The molecule has 0 aromatic rings. The Morgan fingerprint density at radius 3 is 0.750 bits per heavy atom. The van der Waals surface area contributed by atoms with E-state index in [0.29, 0.717) is 0 Å². The molecule has 0 aliphatic rings. The molecular formula is H2O2RuSr. The van der Waals surface area contributed by atoms with Gasteiger partial charge in [-0.1, -0.05) is 0 Å². The van der Waals surface area contributed by atoms with Crippen LogP contribution in [-0.4, -0.2) is 45.5 Å². The Labute approximate surface area is 74.6 Å². The summed E-state index contributed by atoms with van der Waals surface area (Å²) in [5, 5.41) is 0. The first-order chi connectivity index (χ1) is 0. The van der Waals surface area contributed by atoms with Gasteiger partial charge >= 0.3 is 65.0 Å². The van der Waals surface area contributed by atoms with Crippen LogP contribution >= 0.6 is 0 Å². The minimum absolute atomic E-state index is 0. The van der Waals surface area contributed by atoms with Gasteiger partial charge < -0.3 is 11.0 Å². The second-order valence-corrected chi connectivity index (χ2v) is 0. The fraction of sp³-hybridized carbons (Fsp3) is 0. The van der Waals surface area contributed by atoms with Crippen molar-refractivity contribution in [2.24, 2.45) is 0 Å². The molecule has 0 unspecified atom stereocenters. The summed E-state index contributed by atoms with van der Waals surface area (Å²) in [7, 11) is 0. The van der Waals surface area contributed by atoms with Crippen LogP contribution in [0.25, 0.3) is 0 Å². The Kier molecular flexibility index (Phi) is 184. The fourth-order valence-corrected chi connectivity index (χ4v) is 0. The summed E-state index contributed by atoms with van der Waals surface area (Å²) in [4.78, 5) is 0. The summed E-state index contributed by atoms with van der Waals surface area (Å²) in [6, 6.07) is 0. The molecule has 2 nitrogen and oxygen atoms in total. The average molecular weight is 223 g/mol. The Morgan fingerprint density at radius 2 is 0.750 bits per heavy atom. The van der Waals surface area contributed by atoms with E-state index in [9.17, 15) is 0 Å². The molecule has 4 heteroatoms. The number of rotatable bonds is 0. The van der Waals surface area contributed by atoms with Crippen LogP contribution < -0.4 is 0 Å². The van der Waals surface area contributed by atoms with E-state index < -0.39 is 0 Å². The van der Waals surface area contributed by atoms with Crippen molar-refractivity contribution < 1.29 is 30.4 Å². The summed E-state index contributed by atoms with van der Waals surface area (Å²) < 4.78 is 0. The summed E-state index contributed by atoms with van der Waals surface area (Å²) in [6.07, 6.45) is 0. The summed E-state index contributed by atoms with van der Waals surface area (Å²) in [5.74, 6) is 0. The molecule has 0 heterocycles. The van der Waals surface area contributed by atoms with E-state index in [1.54, 1.807) is 0 Å². The molecule has 0 rings (SSSR count). The van der Waals surface area contributed by atoms with Crippen LogP contribution in [-0.2, 0) is 30.4 Å². The number of hydrogen-bond donors (Lipinski definition) is 0. The van der Waals surface area contributed by atoms with Crippen molar-refractivity contribution >= 4 is 45.5 Å². The molecule has 0 saturated carbocycles. The predicted molar refractivity (Wildman–Crippen MR) is 9.92 cm³/mol. The first-order valence-electron chi connectivity index (χ1n) is 0. The molecule has 0 fully saturated rings. The van der Waals surface area contributed by atoms with Gasteiger partial charge in [-0.3, -0.25) is 0 Å². The molecule has 24 valence electrons. The van der Waals surface area contributed by atoms with Crippen molar-refractivity contribution in [1.29, 1.82) is 0 Å². The van der Waals surface area contributed by atoms with Crippen molar-refractivity contribution in [3.8, 4) is 0 Å². The standard InChI is InChI=1S/2O.Ru.Sr.2H/q2*-2;+4;;;. The normalized spacial score (nSPS) is 0. The van der Waals surface area contributed by atoms with E-state index in [0.717, 1.165) is 0 Å². The van der Waals surface area contributed by atoms with Gasteiger partial charge in [0.15, 0.2) is 0 Å². The third-order valence-corrected chi connectivity index (χ3v) is 0. The molecule has 0 aliphatic heterocycles. The van der Waals surface area contributed by atoms with Gasteiger partial charge in [0.1, 0.15) is 0 Å². The van der Waals surface area contributed by atoms with Crippen LogP contribution in [0.5, 0.6) is 0 Å². The van der Waals surface area contributed by atoms with E-state index in [-0.39, 0.29) is 75.9 Å². The van der Waals surface area contributed by atoms with E-state index in [1.807, 2.05) is 0 Å². The zero-order valence-corrected chi connectivity index (χ0v) is 2.91. The van der Waals surface area contributed by atoms with Crippen LogP contribution in [0, 0.1) is 0 Å². The van der Waals surface area contributed by atoms with Gasteiger partial charge in [-0.05, 0) is 0 Å². The molecule has 0 aromatic carbocycles. The molecule has 0 radical (unpaired) electrons. The van der Waals surface area contributed by atoms with Gasteiger partial charge in [-0.2, -0.15) is 0 Å². The molecular weight excluding hydrogens is 221 g/mol. The van der Waals surface area contributed by atoms with Gasteiger partial charge in [0, 0.05) is 0 Å². The Balaban J connectivity index is 0. The van der Waals surface area contributed by atoms with Gasteiger partial charge in [-0.25, -0.2) is 0 Å². The van der Waals surface area contributed by atoms with Crippen LogP contribution in [0.3, 0.4) is 0 Å². The Hall–Kier alpha value is 2.02. The van der Waals surface area contributed by atoms with Gasteiger partial charge in [0.05, 0.1) is 0 Å². The van der Waals surface area contributed by atoms with Crippen LogP contribution in [0.2, 0.25) is 0 Å². The maximum atomic E-state index is 0. The third-order valence-electron chi connectivity index (χ3n) is 0. The first kappa shape index (κ1) is 37.1. The second-order valence-electron chi connectivity index (χ2n) is 0. The molecule has 0 spiro atoms. The topological polar surface area (TPSA) is 57.0 Å². The third kappa shape index (κ3) is 8.98. The summed E-state index contributed by atoms with van der Waals surface area (Å²) in [5.41, 5.74) is 0. The molecule has 0 saturated heterocycles. The van der Waals surface area contributed by atoms with Crippen molar-refractivity contribution in [3.05, 3.63) is 0 Å². The van der Waals surface area contributed by atoms with Crippen LogP contribution in [0.4, 0.5) is 0 Å². The van der Waals surface area contributed by atoms with Crippen molar-refractivity contribution in [1.82, 2.24) is 0 Å². The Bertz CT molecular complexity index is 6.00. The monoisotopic (exact) mass is 224 g/mol. The van der Waals surface area contributed by atoms with Gasteiger partial charge in [0.25, 0.3) is 0 Å². The minimum atomic E-state index is 0. The molecule has 0 aliphatic carbocycles. The van der Waals surface area contributed by atoms with Crippen LogP contribution in [0.15, 0.2) is 0 Å². The van der Waals surface area contributed by atoms with Crippen molar-refractivity contribution in [2.45, 2.75) is 0 Å².